The van der Waals surface area contributed by atoms with Crippen LogP contribution in [-0.2, 0) is 0 Å². The summed E-state index contributed by atoms with van der Waals surface area (Å²) >= 11 is 0. The number of aromatic nitrogens is 1. The van der Waals surface area contributed by atoms with Crippen LogP contribution in [0.1, 0.15) is 58.3 Å². The monoisotopic (exact) mass is 340 g/mol. The first-order valence-corrected chi connectivity index (χ1v) is 8.53. The first kappa shape index (κ1) is 18.6. The maximum absolute atomic E-state index is 12.8. The number of aromatic carboxylic acids is 1. The Bertz CT molecular complexity index is 744. The van der Waals surface area contributed by atoms with Gasteiger partial charge in [0.05, 0.1) is 11.3 Å². The first-order valence-electron chi connectivity index (χ1n) is 8.53. The fourth-order valence-corrected chi connectivity index (χ4v) is 2.89. The molecule has 1 atom stereocenters. The van der Waals surface area contributed by atoms with Gasteiger partial charge in [-0.05, 0) is 38.0 Å². The molecular formula is C20H24N2O3. The number of amides is 1. The quantitative estimate of drug-likeness (QED) is 0.833. The molecule has 132 valence electrons. The van der Waals surface area contributed by atoms with Gasteiger partial charge in [0.25, 0.3) is 5.91 Å². The van der Waals surface area contributed by atoms with Gasteiger partial charge in [-0.3, -0.25) is 4.79 Å². The van der Waals surface area contributed by atoms with E-state index in [1.165, 1.54) is 17.7 Å². The van der Waals surface area contributed by atoms with Crippen molar-refractivity contribution in [2.24, 2.45) is 0 Å². The number of nitrogens with zero attached hydrogens (tertiary/aromatic N) is 2. The van der Waals surface area contributed by atoms with Crippen molar-refractivity contribution in [1.82, 2.24) is 9.88 Å². The molecule has 0 bridgehead atoms. The van der Waals surface area contributed by atoms with Crippen LogP contribution in [0, 0.1) is 6.92 Å². The zero-order valence-electron chi connectivity index (χ0n) is 14.9. The lowest BCUT2D eigenvalue weighted by Crippen LogP contribution is -2.35. The molecule has 0 radical (unpaired) electrons. The van der Waals surface area contributed by atoms with Crippen LogP contribution in [0.2, 0.25) is 0 Å². The number of hydrogen-bond acceptors (Lipinski definition) is 3. The van der Waals surface area contributed by atoms with Crippen LogP contribution in [0.5, 0.6) is 0 Å². The predicted molar refractivity (Wildman–Crippen MR) is 97.0 cm³/mol. The van der Waals surface area contributed by atoms with Crippen LogP contribution >= 0.6 is 0 Å². The average Bonchev–Trinajstić information content (AvgIpc) is 2.62. The lowest BCUT2D eigenvalue weighted by Gasteiger charge is -2.26. The molecule has 0 aliphatic carbocycles. The van der Waals surface area contributed by atoms with Gasteiger partial charge in [-0.15, -0.1) is 0 Å². The van der Waals surface area contributed by atoms with Gasteiger partial charge in [-0.1, -0.05) is 37.3 Å². The molecule has 0 aliphatic heterocycles. The van der Waals surface area contributed by atoms with Gasteiger partial charge in [0.1, 0.15) is 5.69 Å². The number of carboxylic acids is 1. The number of carboxylic acid groups (broad SMARTS) is 1. The van der Waals surface area contributed by atoms with Crippen molar-refractivity contribution in [3.05, 3.63) is 65.0 Å². The third-order valence-corrected chi connectivity index (χ3v) is 4.41. The van der Waals surface area contributed by atoms with E-state index in [0.717, 1.165) is 6.42 Å². The van der Waals surface area contributed by atoms with E-state index < -0.39 is 5.97 Å². The second-order valence-electron chi connectivity index (χ2n) is 5.99. The van der Waals surface area contributed by atoms with Gasteiger partial charge in [0.15, 0.2) is 0 Å². The van der Waals surface area contributed by atoms with E-state index >= 15 is 0 Å². The number of rotatable bonds is 7. The van der Waals surface area contributed by atoms with E-state index in [2.05, 4.69) is 24.0 Å². The smallest absolute Gasteiger partial charge is 0.337 e. The van der Waals surface area contributed by atoms with Crippen molar-refractivity contribution in [3.8, 4) is 0 Å². The minimum absolute atomic E-state index is 0.121. The lowest BCUT2D eigenvalue weighted by molar-refractivity contribution is 0.0691. The van der Waals surface area contributed by atoms with Crippen LogP contribution < -0.4 is 0 Å². The van der Waals surface area contributed by atoms with Crippen molar-refractivity contribution in [2.75, 3.05) is 13.1 Å². The van der Waals surface area contributed by atoms with E-state index in [4.69, 9.17) is 5.11 Å². The fraction of sp³-hybridized carbons (Fsp3) is 0.350. The Hall–Kier alpha value is -2.69. The van der Waals surface area contributed by atoms with E-state index in [0.29, 0.717) is 18.8 Å². The molecule has 0 fully saturated rings. The molecule has 5 heteroatoms. The van der Waals surface area contributed by atoms with Gasteiger partial charge in [-0.25, -0.2) is 9.78 Å². The minimum atomic E-state index is -1.04. The largest absolute Gasteiger partial charge is 0.478 e. The van der Waals surface area contributed by atoms with Gasteiger partial charge >= 0.3 is 5.97 Å². The van der Waals surface area contributed by atoms with Crippen LogP contribution in [0.4, 0.5) is 0 Å². The minimum Gasteiger partial charge on any atom is -0.478 e. The molecule has 0 aliphatic rings. The molecule has 2 aromatic rings. The van der Waals surface area contributed by atoms with Crippen LogP contribution in [0.3, 0.4) is 0 Å². The Morgan fingerprint density at radius 1 is 1.12 bits per heavy atom. The van der Waals surface area contributed by atoms with Crippen LogP contribution in [0.15, 0.2) is 42.5 Å². The van der Waals surface area contributed by atoms with Gasteiger partial charge in [0.2, 0.25) is 0 Å². The third-order valence-electron chi connectivity index (χ3n) is 4.41. The van der Waals surface area contributed by atoms with Gasteiger partial charge in [0, 0.05) is 19.0 Å². The number of carbonyl (C=O) groups excluding carboxylic acids is 1. The highest BCUT2D eigenvalue weighted by molar-refractivity contribution is 5.94. The van der Waals surface area contributed by atoms with E-state index in [1.807, 2.05) is 25.1 Å². The van der Waals surface area contributed by atoms with E-state index in [-0.39, 0.29) is 23.1 Å². The Morgan fingerprint density at radius 2 is 1.80 bits per heavy atom. The number of benzene rings is 1. The second-order valence-corrected chi connectivity index (χ2v) is 5.99. The highest BCUT2D eigenvalue weighted by atomic mass is 16.4. The summed E-state index contributed by atoms with van der Waals surface area (Å²) < 4.78 is 0. The Labute approximate surface area is 148 Å². The molecule has 1 N–H and O–H groups in total. The van der Waals surface area contributed by atoms with Gasteiger partial charge < -0.3 is 10.0 Å². The van der Waals surface area contributed by atoms with Crippen molar-refractivity contribution < 1.29 is 14.7 Å². The molecule has 5 nitrogen and oxygen atoms in total. The lowest BCUT2D eigenvalue weighted by atomic mass is 9.96. The Balaban J connectivity index is 2.20. The van der Waals surface area contributed by atoms with Crippen molar-refractivity contribution >= 4 is 11.9 Å². The molecule has 0 saturated heterocycles. The highest BCUT2D eigenvalue weighted by Crippen LogP contribution is 2.21. The summed E-state index contributed by atoms with van der Waals surface area (Å²) in [5, 5.41) is 9.09. The predicted octanol–water partition coefficient (Wildman–Crippen LogP) is 3.74. The maximum Gasteiger partial charge on any atom is 0.337 e. The molecule has 1 amide bonds. The number of aryl methyl sites for hydroxylation is 1. The standard InChI is InChI=1S/C20H24N2O3/c1-4-15(16-9-7-6-8-10-16)13-22(5-2)19(23)18-12-11-17(20(24)25)14(3)21-18/h6-12,15H,4-5,13H2,1-3H3,(H,24,25). The van der Waals surface area contributed by atoms with Crippen LogP contribution in [0.25, 0.3) is 0 Å². The van der Waals surface area contributed by atoms with Crippen LogP contribution in [-0.4, -0.2) is 40.0 Å². The number of hydrogen-bond donors (Lipinski definition) is 1. The SMILES string of the molecule is CCC(CN(CC)C(=O)c1ccc(C(=O)O)c(C)n1)c1ccccc1. The Morgan fingerprint density at radius 3 is 2.32 bits per heavy atom. The topological polar surface area (TPSA) is 70.5 Å². The molecule has 2 rings (SSSR count). The molecule has 1 aromatic carbocycles. The summed E-state index contributed by atoms with van der Waals surface area (Å²) in [5.74, 6) is -0.951. The summed E-state index contributed by atoms with van der Waals surface area (Å²) in [7, 11) is 0. The maximum atomic E-state index is 12.8. The Kier molecular flexibility index (Phi) is 6.28. The normalized spacial score (nSPS) is 11.8. The zero-order chi connectivity index (χ0) is 18.4. The second kappa shape index (κ2) is 8.42. The van der Waals surface area contributed by atoms with Crippen molar-refractivity contribution in [3.63, 3.8) is 0 Å². The van der Waals surface area contributed by atoms with E-state index in [9.17, 15) is 9.59 Å². The third kappa shape index (κ3) is 4.44. The summed E-state index contributed by atoms with van der Waals surface area (Å²) in [6, 6.07) is 13.1. The molecule has 25 heavy (non-hydrogen) atoms. The average molecular weight is 340 g/mol. The molecule has 1 heterocycles. The summed E-state index contributed by atoms with van der Waals surface area (Å²) in [4.78, 5) is 29.9. The number of carbonyl (C=O) groups is 2. The molecule has 0 spiro atoms. The first-order chi connectivity index (χ1) is 12.0. The molecular weight excluding hydrogens is 316 g/mol. The summed E-state index contributed by atoms with van der Waals surface area (Å²) in [6.45, 7) is 6.84. The number of pyridine rings is 1. The number of likely N-dealkylation sites (N-methyl/N-ethyl adjacent to an activating group) is 1. The van der Waals surface area contributed by atoms with E-state index in [1.54, 1.807) is 11.8 Å². The zero-order valence-corrected chi connectivity index (χ0v) is 14.9. The summed E-state index contributed by atoms with van der Waals surface area (Å²) in [6.07, 6.45) is 0.929. The van der Waals surface area contributed by atoms with Gasteiger partial charge in [-0.2, -0.15) is 0 Å². The fourth-order valence-electron chi connectivity index (χ4n) is 2.89. The molecule has 0 saturated carbocycles. The highest BCUT2D eigenvalue weighted by Gasteiger charge is 2.21. The van der Waals surface area contributed by atoms with Crippen molar-refractivity contribution in [1.29, 1.82) is 0 Å². The summed E-state index contributed by atoms with van der Waals surface area (Å²) in [5.41, 5.74) is 1.97. The molecule has 1 unspecified atom stereocenters. The van der Waals surface area contributed by atoms with Crippen molar-refractivity contribution in [2.45, 2.75) is 33.1 Å². The molecule has 1 aromatic heterocycles.